The van der Waals surface area contributed by atoms with E-state index in [2.05, 4.69) is 20.3 Å². The number of carbonyl (C=O) groups is 1. The Labute approximate surface area is 183 Å². The van der Waals surface area contributed by atoms with E-state index in [1.807, 2.05) is 18.2 Å². The van der Waals surface area contributed by atoms with Crippen LogP contribution in [0.1, 0.15) is 0 Å². The molecule has 3 aromatic heterocycles. The molecule has 32 heavy (non-hydrogen) atoms. The first-order valence-corrected chi connectivity index (χ1v) is 9.82. The molecule has 3 heterocycles. The number of aromatic amines is 1. The van der Waals surface area contributed by atoms with Crippen LogP contribution in [0.2, 0.25) is 0 Å². The number of ether oxygens (including phenoxy) is 2. The Hall–Kier alpha value is -4.04. The SMILES string of the molecule is COC/C=C/C(=O)Nc1cc(OC)cc(-c2cnc3[nH]cc(-c4ccnc(F)c4)c3c2)c1. The number of aromatic nitrogens is 3. The maximum Gasteiger partial charge on any atom is 0.248 e. The maximum atomic E-state index is 13.6. The van der Waals surface area contributed by atoms with Crippen LogP contribution in [-0.4, -0.2) is 41.7 Å². The molecule has 0 aliphatic rings. The van der Waals surface area contributed by atoms with Crippen molar-refractivity contribution in [3.63, 3.8) is 0 Å². The van der Waals surface area contributed by atoms with Gasteiger partial charge in [-0.1, -0.05) is 6.08 Å². The number of amides is 1. The number of pyridine rings is 2. The van der Waals surface area contributed by atoms with E-state index in [1.54, 1.807) is 44.8 Å². The molecule has 0 saturated heterocycles. The van der Waals surface area contributed by atoms with Gasteiger partial charge in [-0.3, -0.25) is 4.79 Å². The lowest BCUT2D eigenvalue weighted by atomic mass is 10.0. The van der Waals surface area contributed by atoms with Crippen LogP contribution in [0, 0.1) is 5.95 Å². The molecule has 0 aliphatic heterocycles. The number of nitrogens with zero attached hydrogens (tertiary/aromatic N) is 2. The molecule has 162 valence electrons. The zero-order valence-electron chi connectivity index (χ0n) is 17.6. The fraction of sp³-hybridized carbons (Fsp3) is 0.125. The summed E-state index contributed by atoms with van der Waals surface area (Å²) in [6, 6.07) is 10.5. The molecule has 8 heteroatoms. The average molecular weight is 432 g/mol. The monoisotopic (exact) mass is 432 g/mol. The van der Waals surface area contributed by atoms with Gasteiger partial charge in [0.25, 0.3) is 0 Å². The van der Waals surface area contributed by atoms with Gasteiger partial charge in [-0.05, 0) is 35.4 Å². The summed E-state index contributed by atoms with van der Waals surface area (Å²) in [5.74, 6) is -0.236. The molecule has 0 fully saturated rings. The minimum atomic E-state index is -0.548. The van der Waals surface area contributed by atoms with Crippen molar-refractivity contribution >= 4 is 22.6 Å². The molecule has 0 atom stereocenters. The largest absolute Gasteiger partial charge is 0.497 e. The summed E-state index contributed by atoms with van der Waals surface area (Å²) in [5.41, 5.74) is 4.40. The van der Waals surface area contributed by atoms with Crippen molar-refractivity contribution in [1.82, 2.24) is 15.0 Å². The first-order chi connectivity index (χ1) is 15.6. The van der Waals surface area contributed by atoms with Gasteiger partial charge in [-0.2, -0.15) is 4.39 Å². The number of nitrogens with one attached hydrogen (secondary N) is 2. The second kappa shape index (κ2) is 9.40. The molecule has 0 bridgehead atoms. The molecular weight excluding hydrogens is 411 g/mol. The molecule has 0 unspecified atom stereocenters. The summed E-state index contributed by atoms with van der Waals surface area (Å²) in [4.78, 5) is 23.4. The molecule has 7 nitrogen and oxygen atoms in total. The molecular formula is C24H21FN4O3. The summed E-state index contributed by atoms with van der Waals surface area (Å²) in [6.45, 7) is 0.350. The molecule has 0 saturated carbocycles. The van der Waals surface area contributed by atoms with E-state index in [0.29, 0.717) is 29.3 Å². The zero-order chi connectivity index (χ0) is 22.5. The molecule has 0 aliphatic carbocycles. The van der Waals surface area contributed by atoms with Crippen LogP contribution in [-0.2, 0) is 9.53 Å². The lowest BCUT2D eigenvalue weighted by Gasteiger charge is -2.10. The van der Waals surface area contributed by atoms with Gasteiger partial charge in [0.1, 0.15) is 11.4 Å². The highest BCUT2D eigenvalue weighted by atomic mass is 19.1. The number of H-pyrrole nitrogens is 1. The number of benzene rings is 1. The average Bonchev–Trinajstić information content (AvgIpc) is 3.22. The van der Waals surface area contributed by atoms with E-state index >= 15 is 0 Å². The van der Waals surface area contributed by atoms with Crippen molar-refractivity contribution in [2.75, 3.05) is 26.1 Å². The van der Waals surface area contributed by atoms with E-state index in [9.17, 15) is 9.18 Å². The Bertz CT molecular complexity index is 1300. The minimum absolute atomic E-state index is 0.275. The quantitative estimate of drug-likeness (QED) is 0.330. The fourth-order valence-electron chi connectivity index (χ4n) is 3.36. The minimum Gasteiger partial charge on any atom is -0.497 e. The smallest absolute Gasteiger partial charge is 0.248 e. The number of methoxy groups -OCH3 is 2. The first kappa shape index (κ1) is 21.2. The number of hydrogen-bond acceptors (Lipinski definition) is 5. The number of rotatable bonds is 7. The number of hydrogen-bond donors (Lipinski definition) is 2. The van der Waals surface area contributed by atoms with Crippen molar-refractivity contribution in [2.45, 2.75) is 0 Å². The third-order valence-corrected chi connectivity index (χ3v) is 4.84. The molecule has 2 N–H and O–H groups in total. The van der Waals surface area contributed by atoms with Crippen molar-refractivity contribution in [3.05, 3.63) is 73.1 Å². The molecule has 0 radical (unpaired) electrons. The number of fused-ring (bicyclic) bond motifs is 1. The van der Waals surface area contributed by atoms with Crippen LogP contribution in [0.5, 0.6) is 5.75 Å². The van der Waals surface area contributed by atoms with E-state index < -0.39 is 5.95 Å². The second-order valence-electron chi connectivity index (χ2n) is 6.99. The number of carbonyl (C=O) groups excluding carboxylic acids is 1. The van der Waals surface area contributed by atoms with Gasteiger partial charge >= 0.3 is 0 Å². The van der Waals surface area contributed by atoms with E-state index in [1.165, 1.54) is 18.3 Å². The van der Waals surface area contributed by atoms with E-state index in [0.717, 1.165) is 22.1 Å². The molecule has 1 aromatic carbocycles. The topological polar surface area (TPSA) is 89.1 Å². The lowest BCUT2D eigenvalue weighted by Crippen LogP contribution is -2.08. The van der Waals surface area contributed by atoms with Crippen molar-refractivity contribution in [1.29, 1.82) is 0 Å². The van der Waals surface area contributed by atoms with Crippen LogP contribution in [0.15, 0.2) is 67.1 Å². The normalized spacial score (nSPS) is 11.2. The summed E-state index contributed by atoms with van der Waals surface area (Å²) in [7, 11) is 3.12. The Kier molecular flexibility index (Phi) is 6.23. The fourth-order valence-corrected chi connectivity index (χ4v) is 3.36. The highest BCUT2D eigenvalue weighted by Gasteiger charge is 2.12. The first-order valence-electron chi connectivity index (χ1n) is 9.82. The lowest BCUT2D eigenvalue weighted by molar-refractivity contribution is -0.111. The van der Waals surface area contributed by atoms with Gasteiger partial charge in [-0.25, -0.2) is 9.97 Å². The molecule has 4 rings (SSSR count). The van der Waals surface area contributed by atoms with Crippen molar-refractivity contribution in [2.24, 2.45) is 0 Å². The van der Waals surface area contributed by atoms with Crippen LogP contribution in [0.25, 0.3) is 33.3 Å². The van der Waals surface area contributed by atoms with Gasteiger partial charge < -0.3 is 19.8 Å². The van der Waals surface area contributed by atoms with Crippen LogP contribution in [0.4, 0.5) is 10.1 Å². The van der Waals surface area contributed by atoms with Gasteiger partial charge in [0.2, 0.25) is 11.9 Å². The summed E-state index contributed by atoms with van der Waals surface area (Å²) in [6.07, 6.45) is 7.99. The van der Waals surface area contributed by atoms with Gasteiger partial charge in [0.15, 0.2) is 0 Å². The van der Waals surface area contributed by atoms with Crippen LogP contribution >= 0.6 is 0 Å². The Balaban J connectivity index is 1.72. The summed E-state index contributed by atoms with van der Waals surface area (Å²) < 4.78 is 24.0. The Morgan fingerprint density at radius 1 is 1.12 bits per heavy atom. The maximum absolute atomic E-state index is 13.6. The van der Waals surface area contributed by atoms with Gasteiger partial charge in [-0.15, -0.1) is 0 Å². The molecule has 0 spiro atoms. The predicted molar refractivity (Wildman–Crippen MR) is 121 cm³/mol. The number of halogens is 1. The predicted octanol–water partition coefficient (Wildman–Crippen LogP) is 4.58. The highest BCUT2D eigenvalue weighted by molar-refractivity contribution is 6.00. The third kappa shape index (κ3) is 4.65. The van der Waals surface area contributed by atoms with Gasteiger partial charge in [0, 0.05) is 66.1 Å². The van der Waals surface area contributed by atoms with E-state index in [4.69, 9.17) is 9.47 Å². The standard InChI is InChI=1S/C24H21FN4O3/c1-31-7-3-4-23(30)29-18-8-16(9-19(12-18)32-2)17-10-20-21(14-28-24(20)27-13-17)15-5-6-26-22(25)11-15/h3-6,8-14H,7H2,1-2H3,(H,27,28)(H,29,30)/b4-3+. The third-order valence-electron chi connectivity index (χ3n) is 4.84. The molecule has 4 aromatic rings. The summed E-state index contributed by atoms with van der Waals surface area (Å²) >= 11 is 0. The highest BCUT2D eigenvalue weighted by Crippen LogP contribution is 2.33. The Morgan fingerprint density at radius 3 is 2.78 bits per heavy atom. The van der Waals surface area contributed by atoms with Crippen LogP contribution in [0.3, 0.4) is 0 Å². The second-order valence-corrected chi connectivity index (χ2v) is 6.99. The van der Waals surface area contributed by atoms with E-state index in [-0.39, 0.29) is 5.91 Å². The van der Waals surface area contributed by atoms with Crippen LogP contribution < -0.4 is 10.1 Å². The van der Waals surface area contributed by atoms with Crippen molar-refractivity contribution < 1.29 is 18.7 Å². The number of anilines is 1. The zero-order valence-corrected chi connectivity index (χ0v) is 17.6. The van der Waals surface area contributed by atoms with Crippen molar-refractivity contribution in [3.8, 4) is 28.0 Å². The van der Waals surface area contributed by atoms with Gasteiger partial charge in [0.05, 0.1) is 13.7 Å². The summed E-state index contributed by atoms with van der Waals surface area (Å²) in [5, 5.41) is 3.66. The Morgan fingerprint density at radius 2 is 2.00 bits per heavy atom. The molecule has 1 amide bonds.